The van der Waals surface area contributed by atoms with Gasteiger partial charge in [0.2, 0.25) is 5.91 Å². The third kappa shape index (κ3) is 2.72. The van der Waals surface area contributed by atoms with E-state index in [1.807, 2.05) is 0 Å². The topological polar surface area (TPSA) is 95.5 Å². The van der Waals surface area contributed by atoms with Gasteiger partial charge < -0.3 is 10.4 Å². The smallest absolute Gasteiger partial charge is 0.335 e. The van der Waals surface area contributed by atoms with Crippen molar-refractivity contribution in [2.24, 2.45) is 0 Å². The Morgan fingerprint density at radius 1 is 1.39 bits per heavy atom. The Kier molecular flexibility index (Phi) is 3.38. The number of rotatable bonds is 3. The molecular weight excluding hydrogens is 236 g/mol. The number of carboxylic acids is 1. The summed E-state index contributed by atoms with van der Waals surface area (Å²) in [5, 5.41) is 14.2. The fourth-order valence-corrected chi connectivity index (χ4v) is 1.75. The predicted octanol–water partition coefficient (Wildman–Crippen LogP) is 0.254. The van der Waals surface area contributed by atoms with Crippen molar-refractivity contribution < 1.29 is 19.5 Å². The quantitative estimate of drug-likeness (QED) is 0.712. The fraction of sp³-hybridized carbons (Fsp3) is 0.250. The van der Waals surface area contributed by atoms with Crippen LogP contribution < -0.4 is 10.6 Å². The number of anilines is 1. The van der Waals surface area contributed by atoms with Gasteiger partial charge in [-0.15, -0.1) is 0 Å². The van der Waals surface area contributed by atoms with Crippen LogP contribution in [0.5, 0.6) is 0 Å². The lowest BCUT2D eigenvalue weighted by Crippen LogP contribution is -2.35. The second-order valence-corrected chi connectivity index (χ2v) is 4.05. The normalized spacial score (nSPS) is 18.7. The van der Waals surface area contributed by atoms with Crippen LogP contribution in [-0.4, -0.2) is 35.4 Å². The molecular formula is C12H12N2O4. The number of aromatic carboxylic acids is 1. The summed E-state index contributed by atoms with van der Waals surface area (Å²) in [5.74, 6) is -1.39. The summed E-state index contributed by atoms with van der Waals surface area (Å²) >= 11 is 0. The minimum Gasteiger partial charge on any atom is -0.478 e. The van der Waals surface area contributed by atoms with Crippen LogP contribution in [0.2, 0.25) is 0 Å². The van der Waals surface area contributed by atoms with E-state index < -0.39 is 12.0 Å². The number of hydrogen-bond donors (Lipinski definition) is 3. The number of hydrogen-bond acceptors (Lipinski definition) is 4. The van der Waals surface area contributed by atoms with Gasteiger partial charge in [0, 0.05) is 12.1 Å². The van der Waals surface area contributed by atoms with Crippen molar-refractivity contribution in [2.45, 2.75) is 12.5 Å². The van der Waals surface area contributed by atoms with E-state index in [1.165, 1.54) is 12.1 Å². The van der Waals surface area contributed by atoms with E-state index in [2.05, 4.69) is 10.6 Å². The highest BCUT2D eigenvalue weighted by atomic mass is 16.4. The zero-order chi connectivity index (χ0) is 13.1. The largest absolute Gasteiger partial charge is 0.478 e. The summed E-state index contributed by atoms with van der Waals surface area (Å²) in [6, 6.07) is 5.42. The minimum atomic E-state index is -1.06. The Balaban J connectivity index is 2.05. The van der Waals surface area contributed by atoms with Gasteiger partial charge in [0.25, 0.3) is 0 Å². The molecule has 1 aliphatic rings. The lowest BCUT2D eigenvalue weighted by Gasteiger charge is -2.10. The molecule has 0 aliphatic carbocycles. The van der Waals surface area contributed by atoms with Gasteiger partial charge in [-0.1, -0.05) is 6.07 Å². The number of ketones is 1. The molecule has 1 heterocycles. The summed E-state index contributed by atoms with van der Waals surface area (Å²) in [7, 11) is 0. The third-order valence-electron chi connectivity index (χ3n) is 2.67. The third-order valence-corrected chi connectivity index (χ3v) is 2.67. The van der Waals surface area contributed by atoms with Gasteiger partial charge in [0.15, 0.2) is 0 Å². The minimum absolute atomic E-state index is 0.00515. The Morgan fingerprint density at radius 2 is 2.17 bits per heavy atom. The second kappa shape index (κ2) is 4.97. The van der Waals surface area contributed by atoms with Gasteiger partial charge in [0.05, 0.1) is 18.2 Å². The maximum absolute atomic E-state index is 11.8. The highest BCUT2D eigenvalue weighted by Crippen LogP contribution is 2.12. The first-order valence-corrected chi connectivity index (χ1v) is 5.45. The molecule has 1 saturated heterocycles. The standard InChI is InChI=1S/C12H12N2O4/c15-9-5-10(13-6-9)11(16)14-8-3-1-2-7(4-8)12(17)18/h1-4,10,13H,5-6H2,(H,14,16)(H,17,18)/t10-/m0/s1. The highest BCUT2D eigenvalue weighted by Gasteiger charge is 2.27. The van der Waals surface area contributed by atoms with Crippen molar-refractivity contribution in [3.63, 3.8) is 0 Å². The Labute approximate surface area is 103 Å². The number of carbonyl (C=O) groups excluding carboxylic acids is 2. The molecule has 1 aromatic carbocycles. The maximum Gasteiger partial charge on any atom is 0.335 e. The van der Waals surface area contributed by atoms with Gasteiger partial charge in [0.1, 0.15) is 5.78 Å². The van der Waals surface area contributed by atoms with Gasteiger partial charge in [-0.05, 0) is 18.2 Å². The van der Waals surface area contributed by atoms with Gasteiger partial charge in [-0.2, -0.15) is 0 Å². The molecule has 1 amide bonds. The Bertz CT molecular complexity index is 513. The zero-order valence-corrected chi connectivity index (χ0v) is 9.47. The molecule has 3 N–H and O–H groups in total. The van der Waals surface area contributed by atoms with Crippen molar-refractivity contribution in [3.8, 4) is 0 Å². The molecule has 94 valence electrons. The van der Waals surface area contributed by atoms with E-state index in [0.29, 0.717) is 5.69 Å². The molecule has 0 radical (unpaired) electrons. The Morgan fingerprint density at radius 3 is 2.78 bits per heavy atom. The summed E-state index contributed by atoms with van der Waals surface area (Å²) in [4.78, 5) is 33.6. The van der Waals surface area contributed by atoms with E-state index in [4.69, 9.17) is 5.11 Å². The molecule has 1 fully saturated rings. The SMILES string of the molecule is O=C1CN[C@H](C(=O)Nc2cccc(C(=O)O)c2)C1. The van der Waals surface area contributed by atoms with Crippen molar-refractivity contribution in [1.29, 1.82) is 0 Å². The first-order valence-electron chi connectivity index (χ1n) is 5.45. The molecule has 0 aromatic heterocycles. The van der Waals surface area contributed by atoms with E-state index >= 15 is 0 Å². The molecule has 1 aromatic rings. The van der Waals surface area contributed by atoms with Crippen molar-refractivity contribution in [1.82, 2.24) is 5.32 Å². The lowest BCUT2D eigenvalue weighted by atomic mass is 10.1. The van der Waals surface area contributed by atoms with Crippen molar-refractivity contribution in [2.75, 3.05) is 11.9 Å². The number of carboxylic acid groups (broad SMARTS) is 1. The van der Waals surface area contributed by atoms with Crippen LogP contribution in [0.25, 0.3) is 0 Å². The summed E-state index contributed by atoms with van der Waals surface area (Å²) in [6.45, 7) is 0.202. The number of amides is 1. The van der Waals surface area contributed by atoms with Crippen molar-refractivity contribution >= 4 is 23.3 Å². The van der Waals surface area contributed by atoms with Gasteiger partial charge in [-0.3, -0.25) is 14.9 Å². The summed E-state index contributed by atoms with van der Waals surface area (Å²) in [6.07, 6.45) is 0.171. The molecule has 0 unspecified atom stereocenters. The molecule has 6 nitrogen and oxygen atoms in total. The zero-order valence-electron chi connectivity index (χ0n) is 9.47. The van der Waals surface area contributed by atoms with E-state index in [0.717, 1.165) is 0 Å². The molecule has 0 bridgehead atoms. The van der Waals surface area contributed by atoms with Crippen LogP contribution in [0, 0.1) is 0 Å². The number of nitrogens with one attached hydrogen (secondary N) is 2. The van der Waals surface area contributed by atoms with E-state index in [-0.39, 0.29) is 30.2 Å². The molecule has 0 spiro atoms. The van der Waals surface area contributed by atoms with Crippen LogP contribution in [0.3, 0.4) is 0 Å². The number of Topliss-reactive ketones (excluding diaryl/α,β-unsaturated/α-hetero) is 1. The maximum atomic E-state index is 11.8. The molecule has 18 heavy (non-hydrogen) atoms. The molecule has 1 aliphatic heterocycles. The second-order valence-electron chi connectivity index (χ2n) is 4.05. The lowest BCUT2D eigenvalue weighted by molar-refractivity contribution is -0.120. The molecule has 6 heteroatoms. The van der Waals surface area contributed by atoms with Gasteiger partial charge >= 0.3 is 5.97 Å². The monoisotopic (exact) mass is 248 g/mol. The molecule has 1 atom stereocenters. The van der Waals surface area contributed by atoms with Crippen LogP contribution in [0.15, 0.2) is 24.3 Å². The number of benzene rings is 1. The first-order chi connectivity index (χ1) is 8.56. The molecule has 2 rings (SSSR count). The summed E-state index contributed by atoms with van der Waals surface area (Å²) in [5.41, 5.74) is 0.504. The van der Waals surface area contributed by atoms with Crippen molar-refractivity contribution in [3.05, 3.63) is 29.8 Å². The molecule has 0 saturated carbocycles. The van der Waals surface area contributed by atoms with E-state index in [1.54, 1.807) is 12.1 Å². The van der Waals surface area contributed by atoms with Crippen LogP contribution in [0.4, 0.5) is 5.69 Å². The first kappa shape index (κ1) is 12.3. The Hall–Kier alpha value is -2.21. The van der Waals surface area contributed by atoms with Gasteiger partial charge in [-0.25, -0.2) is 4.79 Å². The summed E-state index contributed by atoms with van der Waals surface area (Å²) < 4.78 is 0. The van der Waals surface area contributed by atoms with Crippen LogP contribution >= 0.6 is 0 Å². The number of carbonyl (C=O) groups is 3. The average molecular weight is 248 g/mol. The highest BCUT2D eigenvalue weighted by molar-refractivity contribution is 6.01. The fourth-order valence-electron chi connectivity index (χ4n) is 1.75. The van der Waals surface area contributed by atoms with Crippen LogP contribution in [0.1, 0.15) is 16.8 Å². The van der Waals surface area contributed by atoms with E-state index in [9.17, 15) is 14.4 Å². The predicted molar refractivity (Wildman–Crippen MR) is 63.4 cm³/mol. The van der Waals surface area contributed by atoms with Crippen LogP contribution in [-0.2, 0) is 9.59 Å². The average Bonchev–Trinajstić information content (AvgIpc) is 2.76.